The summed E-state index contributed by atoms with van der Waals surface area (Å²) in [5.41, 5.74) is 2.71. The standard InChI is InChI=1S/C15H17IN/c1-17(2,12-13-6-4-3-5-7-13)15-10-8-14(16)9-11-15/h3-11H,12H2,1-2H3/q+1. The third-order valence-electron chi connectivity index (χ3n) is 2.95. The summed E-state index contributed by atoms with van der Waals surface area (Å²) in [4.78, 5) is 0. The normalized spacial score (nSPS) is 11.5. The smallest absolute Gasteiger partial charge is 0.132 e. The quantitative estimate of drug-likeness (QED) is 0.585. The van der Waals surface area contributed by atoms with E-state index in [4.69, 9.17) is 0 Å². The van der Waals surface area contributed by atoms with E-state index in [0.717, 1.165) is 11.0 Å². The highest BCUT2D eigenvalue weighted by molar-refractivity contribution is 14.1. The molecule has 0 aliphatic rings. The molecule has 0 atom stereocenters. The second-order valence-corrected chi connectivity index (χ2v) is 6.05. The highest BCUT2D eigenvalue weighted by Gasteiger charge is 2.18. The number of benzene rings is 2. The van der Waals surface area contributed by atoms with Gasteiger partial charge in [0.2, 0.25) is 0 Å². The van der Waals surface area contributed by atoms with Crippen LogP contribution in [0.4, 0.5) is 5.69 Å². The Balaban J connectivity index is 2.21. The molecule has 0 aromatic heterocycles. The summed E-state index contributed by atoms with van der Waals surface area (Å²) >= 11 is 2.34. The van der Waals surface area contributed by atoms with E-state index in [2.05, 4.69) is 91.3 Å². The van der Waals surface area contributed by atoms with E-state index in [0.29, 0.717) is 0 Å². The molecule has 2 heteroatoms. The molecular weight excluding hydrogens is 321 g/mol. The van der Waals surface area contributed by atoms with Gasteiger partial charge in [0.1, 0.15) is 12.2 Å². The first-order chi connectivity index (χ1) is 8.08. The molecule has 88 valence electrons. The first-order valence-electron chi connectivity index (χ1n) is 5.71. The zero-order chi connectivity index (χ0) is 12.3. The summed E-state index contributed by atoms with van der Waals surface area (Å²) in [7, 11) is 4.49. The first kappa shape index (κ1) is 12.6. The van der Waals surface area contributed by atoms with E-state index in [1.54, 1.807) is 0 Å². The fourth-order valence-electron chi connectivity index (χ4n) is 1.98. The molecule has 0 radical (unpaired) electrons. The maximum Gasteiger partial charge on any atom is 0.132 e. The minimum absolute atomic E-state index is 0.876. The number of rotatable bonds is 3. The van der Waals surface area contributed by atoms with Crippen LogP contribution >= 0.6 is 22.6 Å². The van der Waals surface area contributed by atoms with E-state index >= 15 is 0 Å². The topological polar surface area (TPSA) is 0 Å². The van der Waals surface area contributed by atoms with Crippen molar-refractivity contribution >= 4 is 28.3 Å². The van der Waals surface area contributed by atoms with Gasteiger partial charge in [-0.15, -0.1) is 0 Å². The second kappa shape index (κ2) is 5.19. The molecule has 0 saturated heterocycles. The number of quaternary nitrogens is 1. The van der Waals surface area contributed by atoms with Crippen LogP contribution in [0.5, 0.6) is 0 Å². The van der Waals surface area contributed by atoms with Gasteiger partial charge in [-0.1, -0.05) is 30.3 Å². The number of hydrogen-bond acceptors (Lipinski definition) is 0. The predicted molar refractivity (Wildman–Crippen MR) is 82.9 cm³/mol. The third-order valence-corrected chi connectivity index (χ3v) is 3.67. The molecule has 0 spiro atoms. The lowest BCUT2D eigenvalue weighted by Gasteiger charge is -2.29. The van der Waals surface area contributed by atoms with Gasteiger partial charge in [0, 0.05) is 21.3 Å². The fraction of sp³-hybridized carbons (Fsp3) is 0.200. The van der Waals surface area contributed by atoms with E-state index in [1.807, 2.05) is 0 Å². The predicted octanol–water partition coefficient (Wildman–Crippen LogP) is 4.06. The Morgan fingerprint density at radius 2 is 1.47 bits per heavy atom. The minimum atomic E-state index is 0.876. The minimum Gasteiger partial charge on any atom is -0.292 e. The Morgan fingerprint density at radius 3 is 2.06 bits per heavy atom. The van der Waals surface area contributed by atoms with Crippen LogP contribution in [0.25, 0.3) is 0 Å². The number of nitrogens with zero attached hydrogens (tertiary/aromatic N) is 1. The van der Waals surface area contributed by atoms with E-state index in [1.165, 1.54) is 14.8 Å². The lowest BCUT2D eigenvalue weighted by Crippen LogP contribution is -2.39. The molecule has 0 aliphatic heterocycles. The van der Waals surface area contributed by atoms with Crippen LogP contribution in [0, 0.1) is 3.57 Å². The van der Waals surface area contributed by atoms with Crippen molar-refractivity contribution in [2.24, 2.45) is 0 Å². The molecule has 0 aliphatic carbocycles. The summed E-state index contributed by atoms with van der Waals surface area (Å²) in [6, 6.07) is 19.4. The van der Waals surface area contributed by atoms with Gasteiger partial charge in [-0.05, 0) is 34.7 Å². The van der Waals surface area contributed by atoms with Crippen LogP contribution in [-0.2, 0) is 6.54 Å². The molecule has 17 heavy (non-hydrogen) atoms. The zero-order valence-corrected chi connectivity index (χ0v) is 12.4. The Bertz CT molecular complexity index is 474. The Kier molecular flexibility index (Phi) is 3.84. The molecule has 0 N–H and O–H groups in total. The maximum absolute atomic E-state index is 2.34. The molecule has 2 rings (SSSR count). The van der Waals surface area contributed by atoms with Crippen molar-refractivity contribution in [1.82, 2.24) is 4.48 Å². The number of hydrogen-bond donors (Lipinski definition) is 0. The van der Waals surface area contributed by atoms with Crippen molar-refractivity contribution in [2.75, 3.05) is 14.1 Å². The largest absolute Gasteiger partial charge is 0.292 e. The SMILES string of the molecule is C[N+](C)(Cc1ccccc1)c1ccc(I)cc1. The van der Waals surface area contributed by atoms with Gasteiger partial charge in [-0.25, -0.2) is 0 Å². The van der Waals surface area contributed by atoms with Gasteiger partial charge in [0.05, 0.1) is 14.1 Å². The Hall–Kier alpha value is -0.870. The molecule has 0 unspecified atom stereocenters. The van der Waals surface area contributed by atoms with Crippen LogP contribution < -0.4 is 4.48 Å². The lowest BCUT2D eigenvalue weighted by molar-refractivity contribution is 0.392. The molecule has 1 nitrogen and oxygen atoms in total. The first-order valence-corrected chi connectivity index (χ1v) is 6.79. The monoisotopic (exact) mass is 338 g/mol. The van der Waals surface area contributed by atoms with Crippen molar-refractivity contribution in [2.45, 2.75) is 6.54 Å². The molecule has 0 bridgehead atoms. The van der Waals surface area contributed by atoms with Gasteiger partial charge in [-0.2, -0.15) is 0 Å². The molecule has 0 fully saturated rings. The van der Waals surface area contributed by atoms with Crippen LogP contribution in [-0.4, -0.2) is 14.1 Å². The van der Waals surface area contributed by atoms with Crippen molar-refractivity contribution in [1.29, 1.82) is 0 Å². The molecule has 0 amide bonds. The van der Waals surface area contributed by atoms with Gasteiger partial charge >= 0.3 is 0 Å². The van der Waals surface area contributed by atoms with E-state index < -0.39 is 0 Å². The Morgan fingerprint density at radius 1 is 0.882 bits per heavy atom. The van der Waals surface area contributed by atoms with Crippen molar-refractivity contribution in [3.05, 3.63) is 63.7 Å². The summed E-state index contributed by atoms with van der Waals surface area (Å²) in [5, 5.41) is 0. The van der Waals surface area contributed by atoms with Crippen molar-refractivity contribution in [3.8, 4) is 0 Å². The summed E-state index contributed by atoms with van der Waals surface area (Å²) in [6.45, 7) is 1.02. The molecular formula is C15H17IN+. The number of halogens is 1. The van der Waals surface area contributed by atoms with E-state index in [-0.39, 0.29) is 0 Å². The second-order valence-electron chi connectivity index (χ2n) is 4.81. The summed E-state index contributed by atoms with van der Waals surface area (Å²) in [5.74, 6) is 0. The fourth-order valence-corrected chi connectivity index (χ4v) is 2.34. The average molecular weight is 338 g/mol. The zero-order valence-electron chi connectivity index (χ0n) is 10.2. The van der Waals surface area contributed by atoms with Crippen LogP contribution in [0.15, 0.2) is 54.6 Å². The summed E-state index contributed by atoms with van der Waals surface area (Å²) in [6.07, 6.45) is 0. The van der Waals surface area contributed by atoms with Crippen LogP contribution in [0.3, 0.4) is 0 Å². The van der Waals surface area contributed by atoms with Crippen molar-refractivity contribution in [3.63, 3.8) is 0 Å². The molecule has 2 aromatic rings. The van der Waals surface area contributed by atoms with Gasteiger partial charge in [0.25, 0.3) is 0 Å². The highest BCUT2D eigenvalue weighted by atomic mass is 127. The molecule has 0 saturated carbocycles. The van der Waals surface area contributed by atoms with Gasteiger partial charge in [0.15, 0.2) is 0 Å². The van der Waals surface area contributed by atoms with Gasteiger partial charge < -0.3 is 0 Å². The van der Waals surface area contributed by atoms with Crippen LogP contribution in [0.1, 0.15) is 5.56 Å². The molecule has 2 aromatic carbocycles. The molecule has 0 heterocycles. The van der Waals surface area contributed by atoms with E-state index in [9.17, 15) is 0 Å². The van der Waals surface area contributed by atoms with Crippen LogP contribution in [0.2, 0.25) is 0 Å². The Labute approximate surface area is 117 Å². The summed E-state index contributed by atoms with van der Waals surface area (Å²) < 4.78 is 2.16. The highest BCUT2D eigenvalue weighted by Crippen LogP contribution is 2.22. The third kappa shape index (κ3) is 3.30. The average Bonchev–Trinajstić information content (AvgIpc) is 2.30. The van der Waals surface area contributed by atoms with Gasteiger partial charge in [-0.3, -0.25) is 4.48 Å². The maximum atomic E-state index is 2.34. The van der Waals surface area contributed by atoms with Crippen molar-refractivity contribution < 1.29 is 0 Å². The lowest BCUT2D eigenvalue weighted by atomic mass is 10.2.